The molecular formula is C7H9O. The first kappa shape index (κ1) is 5.57. The van der Waals surface area contributed by atoms with E-state index in [1.54, 1.807) is 6.42 Å². The summed E-state index contributed by atoms with van der Waals surface area (Å²) < 4.78 is 0. The highest BCUT2D eigenvalue weighted by molar-refractivity contribution is 5.26. The molecule has 1 rings (SSSR count). The summed E-state index contributed by atoms with van der Waals surface area (Å²) in [5, 5.41) is 9.00. The molecule has 1 atom stereocenters. The van der Waals surface area contributed by atoms with Gasteiger partial charge in [0.25, 0.3) is 0 Å². The monoisotopic (exact) mass is 109 g/mol. The van der Waals surface area contributed by atoms with Gasteiger partial charge in [0.05, 0.1) is 6.10 Å². The van der Waals surface area contributed by atoms with Crippen LogP contribution in [-0.4, -0.2) is 11.2 Å². The van der Waals surface area contributed by atoms with Crippen LogP contribution in [0.2, 0.25) is 0 Å². The Morgan fingerprint density at radius 1 is 1.50 bits per heavy atom. The molecule has 1 nitrogen and oxygen atoms in total. The van der Waals surface area contributed by atoms with Crippen molar-refractivity contribution in [3.63, 3.8) is 0 Å². The van der Waals surface area contributed by atoms with Gasteiger partial charge < -0.3 is 5.11 Å². The molecule has 0 spiro atoms. The van der Waals surface area contributed by atoms with Crippen molar-refractivity contribution in [2.24, 2.45) is 0 Å². The quantitative estimate of drug-likeness (QED) is 0.493. The summed E-state index contributed by atoms with van der Waals surface area (Å²) in [7, 11) is 0. The van der Waals surface area contributed by atoms with E-state index in [1.165, 1.54) is 0 Å². The third kappa shape index (κ3) is 0.984. The molecule has 0 aromatic carbocycles. The van der Waals surface area contributed by atoms with Crippen LogP contribution < -0.4 is 0 Å². The molecule has 0 aromatic rings. The van der Waals surface area contributed by atoms with Crippen LogP contribution in [0.4, 0.5) is 0 Å². The molecule has 0 heterocycles. The normalized spacial score (nSPS) is 27.8. The highest BCUT2D eigenvalue weighted by Crippen LogP contribution is 2.09. The number of hydrogen-bond donors (Lipinski definition) is 1. The SMILES string of the molecule is CC1=CC=C[CH]C1O. The molecule has 0 aromatic heterocycles. The molecule has 0 fully saturated rings. The van der Waals surface area contributed by atoms with Crippen molar-refractivity contribution >= 4 is 0 Å². The molecule has 0 amide bonds. The predicted octanol–water partition coefficient (Wildman–Crippen LogP) is 1.07. The molecule has 0 saturated carbocycles. The minimum Gasteiger partial charge on any atom is -0.388 e. The number of rotatable bonds is 0. The molecule has 0 bridgehead atoms. The fraction of sp³-hybridized carbons (Fsp3) is 0.286. The van der Waals surface area contributed by atoms with E-state index in [0.29, 0.717) is 0 Å². The Hall–Kier alpha value is -0.560. The Balaban J connectivity index is 2.66. The third-order valence-corrected chi connectivity index (χ3v) is 1.23. The zero-order chi connectivity index (χ0) is 5.98. The summed E-state index contributed by atoms with van der Waals surface area (Å²) in [4.78, 5) is 0. The molecular weight excluding hydrogens is 100 g/mol. The lowest BCUT2D eigenvalue weighted by molar-refractivity contribution is 0.246. The molecule has 0 saturated heterocycles. The molecule has 1 aliphatic rings. The van der Waals surface area contributed by atoms with E-state index in [9.17, 15) is 0 Å². The van der Waals surface area contributed by atoms with E-state index in [4.69, 9.17) is 5.11 Å². The second-order valence-corrected chi connectivity index (χ2v) is 1.93. The fourth-order valence-electron chi connectivity index (χ4n) is 0.627. The standard InChI is InChI=1S/C7H9O/c1-6-4-2-3-5-7(6)8/h2-5,7-8H,1H3. The van der Waals surface area contributed by atoms with Crippen LogP contribution >= 0.6 is 0 Å². The van der Waals surface area contributed by atoms with E-state index < -0.39 is 0 Å². The highest BCUT2D eigenvalue weighted by atomic mass is 16.3. The number of hydrogen-bond acceptors (Lipinski definition) is 1. The van der Waals surface area contributed by atoms with E-state index in [0.717, 1.165) is 5.57 Å². The van der Waals surface area contributed by atoms with Gasteiger partial charge in [0.15, 0.2) is 0 Å². The Morgan fingerprint density at radius 3 is 2.62 bits per heavy atom. The zero-order valence-electron chi connectivity index (χ0n) is 4.83. The van der Waals surface area contributed by atoms with Gasteiger partial charge in [-0.15, -0.1) is 0 Å². The van der Waals surface area contributed by atoms with Crippen LogP contribution in [0.25, 0.3) is 0 Å². The number of aliphatic hydroxyl groups excluding tert-OH is 1. The van der Waals surface area contributed by atoms with Gasteiger partial charge in [-0.1, -0.05) is 18.2 Å². The van der Waals surface area contributed by atoms with Gasteiger partial charge >= 0.3 is 0 Å². The number of allylic oxidation sites excluding steroid dienone is 2. The van der Waals surface area contributed by atoms with Crippen LogP contribution in [0.15, 0.2) is 23.8 Å². The molecule has 1 heteroatoms. The van der Waals surface area contributed by atoms with E-state index >= 15 is 0 Å². The maximum atomic E-state index is 9.00. The Morgan fingerprint density at radius 2 is 2.25 bits per heavy atom. The van der Waals surface area contributed by atoms with E-state index in [1.807, 2.05) is 25.2 Å². The van der Waals surface area contributed by atoms with Crippen molar-refractivity contribution < 1.29 is 5.11 Å². The van der Waals surface area contributed by atoms with Crippen LogP contribution in [-0.2, 0) is 0 Å². The first-order valence-corrected chi connectivity index (χ1v) is 2.67. The summed E-state index contributed by atoms with van der Waals surface area (Å²) in [6.45, 7) is 1.91. The Bertz CT molecular complexity index is 133. The molecule has 1 unspecified atom stereocenters. The van der Waals surface area contributed by atoms with Crippen molar-refractivity contribution in [1.29, 1.82) is 0 Å². The summed E-state index contributed by atoms with van der Waals surface area (Å²) in [5.74, 6) is 0. The van der Waals surface area contributed by atoms with Gasteiger partial charge in [0.1, 0.15) is 0 Å². The van der Waals surface area contributed by atoms with Crippen LogP contribution in [0.5, 0.6) is 0 Å². The van der Waals surface area contributed by atoms with E-state index in [2.05, 4.69) is 0 Å². The minimum atomic E-state index is -0.347. The maximum absolute atomic E-state index is 9.00. The minimum absolute atomic E-state index is 0.347. The lowest BCUT2D eigenvalue weighted by Crippen LogP contribution is -2.08. The maximum Gasteiger partial charge on any atom is 0.0819 e. The second kappa shape index (κ2) is 2.14. The van der Waals surface area contributed by atoms with Crippen LogP contribution in [0, 0.1) is 6.42 Å². The third-order valence-electron chi connectivity index (χ3n) is 1.23. The fourth-order valence-corrected chi connectivity index (χ4v) is 0.627. The van der Waals surface area contributed by atoms with Gasteiger partial charge in [0.2, 0.25) is 0 Å². The molecule has 1 aliphatic carbocycles. The highest BCUT2D eigenvalue weighted by Gasteiger charge is 2.04. The Kier molecular flexibility index (Phi) is 1.49. The van der Waals surface area contributed by atoms with Gasteiger partial charge in [-0.05, 0) is 12.5 Å². The number of aliphatic hydroxyl groups is 1. The predicted molar refractivity (Wildman–Crippen MR) is 33.2 cm³/mol. The molecule has 8 heavy (non-hydrogen) atoms. The van der Waals surface area contributed by atoms with Crippen molar-refractivity contribution in [3.8, 4) is 0 Å². The second-order valence-electron chi connectivity index (χ2n) is 1.93. The molecule has 43 valence electrons. The van der Waals surface area contributed by atoms with Gasteiger partial charge in [-0.25, -0.2) is 0 Å². The summed E-state index contributed by atoms with van der Waals surface area (Å²) in [6, 6.07) is 0. The largest absolute Gasteiger partial charge is 0.388 e. The van der Waals surface area contributed by atoms with E-state index in [-0.39, 0.29) is 6.10 Å². The molecule has 1 N–H and O–H groups in total. The van der Waals surface area contributed by atoms with Gasteiger partial charge in [0, 0.05) is 6.42 Å². The summed E-state index contributed by atoms with van der Waals surface area (Å²) in [5.41, 5.74) is 1.01. The van der Waals surface area contributed by atoms with Crippen molar-refractivity contribution in [1.82, 2.24) is 0 Å². The lowest BCUT2D eigenvalue weighted by atomic mass is 10.0. The summed E-state index contributed by atoms with van der Waals surface area (Å²) in [6.07, 6.45) is 7.08. The average Bonchev–Trinajstić information content (AvgIpc) is 1.77. The molecule has 0 aliphatic heterocycles. The molecule has 1 radical (unpaired) electrons. The first-order chi connectivity index (χ1) is 3.80. The Labute approximate surface area is 49.3 Å². The summed E-state index contributed by atoms with van der Waals surface area (Å²) >= 11 is 0. The van der Waals surface area contributed by atoms with Crippen LogP contribution in [0.3, 0.4) is 0 Å². The van der Waals surface area contributed by atoms with Crippen molar-refractivity contribution in [2.75, 3.05) is 0 Å². The van der Waals surface area contributed by atoms with Gasteiger partial charge in [-0.2, -0.15) is 0 Å². The first-order valence-electron chi connectivity index (χ1n) is 2.67. The van der Waals surface area contributed by atoms with Crippen molar-refractivity contribution in [3.05, 3.63) is 30.2 Å². The van der Waals surface area contributed by atoms with Crippen LogP contribution in [0.1, 0.15) is 6.92 Å². The average molecular weight is 109 g/mol. The smallest absolute Gasteiger partial charge is 0.0819 e. The lowest BCUT2D eigenvalue weighted by Gasteiger charge is -2.09. The van der Waals surface area contributed by atoms with Crippen molar-refractivity contribution in [2.45, 2.75) is 13.0 Å². The topological polar surface area (TPSA) is 20.2 Å². The zero-order valence-corrected chi connectivity index (χ0v) is 4.83. The van der Waals surface area contributed by atoms with Gasteiger partial charge in [-0.3, -0.25) is 0 Å².